The van der Waals surface area contributed by atoms with Crippen molar-refractivity contribution in [2.24, 2.45) is 5.73 Å². The third kappa shape index (κ3) is 4.05. The van der Waals surface area contributed by atoms with Gasteiger partial charge in [-0.3, -0.25) is 0 Å². The van der Waals surface area contributed by atoms with Crippen LogP contribution in [0.5, 0.6) is 0 Å². The van der Waals surface area contributed by atoms with E-state index in [0.717, 1.165) is 16.4 Å². The zero-order chi connectivity index (χ0) is 15.8. The van der Waals surface area contributed by atoms with E-state index in [0.29, 0.717) is 18.9 Å². The van der Waals surface area contributed by atoms with Gasteiger partial charge in [0.2, 0.25) is 10.0 Å². The highest BCUT2D eigenvalue weighted by atomic mass is 35.5. The Labute approximate surface area is 137 Å². The van der Waals surface area contributed by atoms with Crippen molar-refractivity contribution in [3.05, 3.63) is 28.8 Å². The summed E-state index contributed by atoms with van der Waals surface area (Å²) < 4.78 is 64.1. The summed E-state index contributed by atoms with van der Waals surface area (Å²) in [5, 5.41) is -0.224. The summed E-state index contributed by atoms with van der Waals surface area (Å²) in [7, 11) is -4.05. The Morgan fingerprint density at radius 1 is 1.23 bits per heavy atom. The van der Waals surface area contributed by atoms with Crippen LogP contribution in [0.15, 0.2) is 23.1 Å². The summed E-state index contributed by atoms with van der Waals surface area (Å²) in [4.78, 5) is -0.519. The first-order valence-electron chi connectivity index (χ1n) is 6.25. The van der Waals surface area contributed by atoms with Crippen molar-refractivity contribution in [1.29, 1.82) is 0 Å². The van der Waals surface area contributed by atoms with Gasteiger partial charge in [-0.05, 0) is 31.0 Å². The molecule has 1 aromatic rings. The molecule has 0 amide bonds. The third-order valence-corrected chi connectivity index (χ3v) is 5.76. The molecule has 1 heterocycles. The van der Waals surface area contributed by atoms with Crippen molar-refractivity contribution in [2.45, 2.75) is 30.0 Å². The number of nitrogens with zero attached hydrogens (tertiary/aromatic N) is 1. The second kappa shape index (κ2) is 6.92. The van der Waals surface area contributed by atoms with Crippen molar-refractivity contribution in [2.75, 3.05) is 13.1 Å². The fourth-order valence-electron chi connectivity index (χ4n) is 2.13. The van der Waals surface area contributed by atoms with Crippen molar-refractivity contribution in [3.63, 3.8) is 0 Å². The van der Waals surface area contributed by atoms with Crippen LogP contribution in [-0.2, 0) is 16.2 Å². The van der Waals surface area contributed by atoms with Gasteiger partial charge in [-0.1, -0.05) is 11.6 Å². The molecular weight excluding hydrogens is 364 g/mol. The first-order valence-corrected chi connectivity index (χ1v) is 8.06. The maximum atomic E-state index is 12.7. The van der Waals surface area contributed by atoms with Crippen molar-refractivity contribution >= 4 is 34.0 Å². The molecule has 0 saturated carbocycles. The molecule has 2 N–H and O–H groups in total. The Balaban J connectivity index is 0.00000242. The fraction of sp³-hybridized carbons (Fsp3) is 0.500. The minimum atomic E-state index is -4.63. The lowest BCUT2D eigenvalue weighted by Crippen LogP contribution is -2.42. The Hall–Kier alpha value is -0.540. The van der Waals surface area contributed by atoms with Gasteiger partial charge in [-0.25, -0.2) is 8.42 Å². The second-order valence-corrected chi connectivity index (χ2v) is 7.20. The third-order valence-electron chi connectivity index (χ3n) is 3.37. The smallest absolute Gasteiger partial charge is 0.328 e. The van der Waals surface area contributed by atoms with E-state index in [1.807, 2.05) is 0 Å². The molecule has 126 valence electrons. The molecule has 4 nitrogen and oxygen atoms in total. The van der Waals surface area contributed by atoms with E-state index in [1.165, 1.54) is 0 Å². The molecule has 0 aromatic heterocycles. The zero-order valence-corrected chi connectivity index (χ0v) is 13.7. The molecule has 0 unspecified atom stereocenters. The lowest BCUT2D eigenvalue weighted by atomic mass is 10.1. The predicted octanol–water partition coefficient (Wildman–Crippen LogP) is 2.89. The maximum Gasteiger partial charge on any atom is 0.416 e. The first kappa shape index (κ1) is 19.5. The molecule has 2 rings (SSSR count). The SMILES string of the molecule is Cl.NC1CCN(S(=O)(=O)c2cc(C(F)(F)F)ccc2Cl)CC1. The normalized spacial score (nSPS) is 18.0. The van der Waals surface area contributed by atoms with E-state index in [-0.39, 0.29) is 36.6 Å². The molecule has 1 saturated heterocycles. The molecular formula is C12H15Cl2F3N2O2S. The topological polar surface area (TPSA) is 63.4 Å². The Morgan fingerprint density at radius 2 is 1.77 bits per heavy atom. The number of hydrogen-bond acceptors (Lipinski definition) is 3. The highest BCUT2D eigenvalue weighted by molar-refractivity contribution is 7.89. The van der Waals surface area contributed by atoms with Gasteiger partial charge in [0.05, 0.1) is 10.6 Å². The molecule has 1 aromatic carbocycles. The lowest BCUT2D eigenvalue weighted by Gasteiger charge is -2.29. The van der Waals surface area contributed by atoms with Gasteiger partial charge in [0, 0.05) is 19.1 Å². The van der Waals surface area contributed by atoms with Crippen molar-refractivity contribution in [3.8, 4) is 0 Å². The largest absolute Gasteiger partial charge is 0.416 e. The van der Waals surface area contributed by atoms with E-state index in [4.69, 9.17) is 17.3 Å². The Kier molecular flexibility index (Phi) is 6.14. The summed E-state index contributed by atoms with van der Waals surface area (Å²) in [6.07, 6.45) is -3.69. The van der Waals surface area contributed by atoms with Gasteiger partial charge in [0.15, 0.2) is 0 Å². The number of hydrogen-bond donors (Lipinski definition) is 1. The van der Waals surface area contributed by atoms with E-state index in [2.05, 4.69) is 0 Å². The highest BCUT2D eigenvalue weighted by Gasteiger charge is 2.35. The summed E-state index contributed by atoms with van der Waals surface area (Å²) in [5.41, 5.74) is 4.65. The number of alkyl halides is 3. The van der Waals surface area contributed by atoms with Gasteiger partial charge in [0.1, 0.15) is 4.90 Å². The molecule has 22 heavy (non-hydrogen) atoms. The lowest BCUT2D eigenvalue weighted by molar-refractivity contribution is -0.137. The molecule has 0 aliphatic carbocycles. The van der Waals surface area contributed by atoms with E-state index in [9.17, 15) is 21.6 Å². The van der Waals surface area contributed by atoms with Crippen LogP contribution in [0.2, 0.25) is 5.02 Å². The number of sulfonamides is 1. The van der Waals surface area contributed by atoms with Crippen LogP contribution < -0.4 is 5.73 Å². The molecule has 1 fully saturated rings. The Bertz CT molecular complexity index is 630. The van der Waals surface area contributed by atoms with Crippen LogP contribution in [0, 0.1) is 0 Å². The summed E-state index contributed by atoms with van der Waals surface area (Å²) >= 11 is 5.78. The average molecular weight is 379 g/mol. The first-order chi connectivity index (χ1) is 9.62. The van der Waals surface area contributed by atoms with Crippen LogP contribution >= 0.6 is 24.0 Å². The number of piperidine rings is 1. The number of halogens is 5. The van der Waals surface area contributed by atoms with Gasteiger partial charge in [-0.15, -0.1) is 12.4 Å². The molecule has 0 radical (unpaired) electrons. The predicted molar refractivity (Wildman–Crippen MR) is 79.7 cm³/mol. The van der Waals surface area contributed by atoms with Gasteiger partial charge in [-0.2, -0.15) is 17.5 Å². The molecule has 1 aliphatic rings. The molecule has 10 heteroatoms. The quantitative estimate of drug-likeness (QED) is 0.860. The van der Waals surface area contributed by atoms with Gasteiger partial charge < -0.3 is 5.73 Å². The molecule has 0 bridgehead atoms. The number of benzene rings is 1. The number of rotatable bonds is 2. The van der Waals surface area contributed by atoms with E-state index >= 15 is 0 Å². The fourth-order valence-corrected chi connectivity index (χ4v) is 4.10. The molecule has 0 spiro atoms. The van der Waals surface area contributed by atoms with E-state index in [1.54, 1.807) is 0 Å². The van der Waals surface area contributed by atoms with Crippen LogP contribution in [0.4, 0.5) is 13.2 Å². The van der Waals surface area contributed by atoms with Crippen LogP contribution in [0.25, 0.3) is 0 Å². The van der Waals surface area contributed by atoms with Crippen LogP contribution in [0.1, 0.15) is 18.4 Å². The van der Waals surface area contributed by atoms with Crippen molar-refractivity contribution < 1.29 is 21.6 Å². The summed E-state index contributed by atoms with van der Waals surface area (Å²) in [5.74, 6) is 0. The van der Waals surface area contributed by atoms with Crippen LogP contribution in [0.3, 0.4) is 0 Å². The Morgan fingerprint density at radius 3 is 2.27 bits per heavy atom. The van der Waals surface area contributed by atoms with Gasteiger partial charge >= 0.3 is 6.18 Å². The number of nitrogens with two attached hydrogens (primary N) is 1. The van der Waals surface area contributed by atoms with Crippen molar-refractivity contribution in [1.82, 2.24) is 4.31 Å². The summed E-state index contributed by atoms with van der Waals surface area (Å²) in [6, 6.07) is 2.19. The monoisotopic (exact) mass is 378 g/mol. The maximum absolute atomic E-state index is 12.7. The van der Waals surface area contributed by atoms with E-state index < -0.39 is 26.7 Å². The average Bonchev–Trinajstić information content (AvgIpc) is 2.38. The van der Waals surface area contributed by atoms with Crippen LogP contribution in [-0.4, -0.2) is 31.9 Å². The molecule has 1 aliphatic heterocycles. The minimum Gasteiger partial charge on any atom is -0.328 e. The van der Waals surface area contributed by atoms with Gasteiger partial charge in [0.25, 0.3) is 0 Å². The summed E-state index contributed by atoms with van der Waals surface area (Å²) in [6.45, 7) is 0.353. The standard InChI is InChI=1S/C12H14ClF3N2O2S.ClH/c13-10-2-1-8(12(14,15)16)7-11(10)21(19,20)18-5-3-9(17)4-6-18;/h1-2,7,9H,3-6,17H2;1H. The highest BCUT2D eigenvalue weighted by Crippen LogP contribution is 2.34. The molecule has 0 atom stereocenters. The minimum absolute atomic E-state index is 0. The zero-order valence-electron chi connectivity index (χ0n) is 11.3. The second-order valence-electron chi connectivity index (χ2n) is 4.88.